The van der Waals surface area contributed by atoms with E-state index in [0.29, 0.717) is 11.0 Å². The second kappa shape index (κ2) is 3.40. The first-order valence-electron chi connectivity index (χ1n) is 3.33. The van der Waals surface area contributed by atoms with E-state index < -0.39 is 6.09 Å². The zero-order valence-corrected chi connectivity index (χ0v) is 7.23. The Morgan fingerprint density at radius 3 is 2.77 bits per heavy atom. The molecule has 0 unspecified atom stereocenters. The van der Waals surface area contributed by atoms with Crippen LogP contribution in [0.1, 0.15) is 0 Å². The van der Waals surface area contributed by atoms with Crippen LogP contribution in [0.3, 0.4) is 0 Å². The molecule has 0 aliphatic carbocycles. The third kappa shape index (κ3) is 1.46. The Morgan fingerprint density at radius 2 is 2.08 bits per heavy atom. The molecule has 0 fully saturated rings. The predicted molar refractivity (Wildman–Crippen MR) is 48.2 cm³/mol. The van der Waals surface area contributed by atoms with E-state index in [-0.39, 0.29) is 12.4 Å². The van der Waals surface area contributed by atoms with Crippen LogP contribution in [0.15, 0.2) is 24.3 Å². The van der Waals surface area contributed by atoms with Gasteiger partial charge < -0.3 is 5.11 Å². The van der Waals surface area contributed by atoms with Gasteiger partial charge in [0.2, 0.25) is 0 Å². The lowest BCUT2D eigenvalue weighted by molar-refractivity contribution is 0.193. The highest BCUT2D eigenvalue weighted by atomic mass is 35.5. The van der Waals surface area contributed by atoms with Crippen LogP contribution in [0.4, 0.5) is 4.79 Å². The van der Waals surface area contributed by atoms with E-state index in [1.165, 1.54) is 0 Å². The molecule has 0 aliphatic heterocycles. The number of aromatic nitrogens is 3. The molecule has 0 radical (unpaired) electrons. The van der Waals surface area contributed by atoms with E-state index in [9.17, 15) is 4.79 Å². The molecule has 5 nitrogen and oxygen atoms in total. The highest BCUT2D eigenvalue weighted by Gasteiger charge is 2.07. The molecule has 0 aliphatic rings. The van der Waals surface area contributed by atoms with Crippen LogP contribution >= 0.6 is 12.4 Å². The normalized spacial score (nSPS) is 9.54. The van der Waals surface area contributed by atoms with Gasteiger partial charge in [-0.3, -0.25) is 0 Å². The predicted octanol–water partition coefficient (Wildman–Crippen LogP) is 1.38. The minimum absolute atomic E-state index is 0. The number of rotatable bonds is 0. The van der Waals surface area contributed by atoms with E-state index >= 15 is 0 Å². The fourth-order valence-electron chi connectivity index (χ4n) is 1.01. The molecule has 0 amide bonds. The summed E-state index contributed by atoms with van der Waals surface area (Å²) in [7, 11) is 0. The SMILES string of the molecule is Cl.O=C(O)n1nnc2ccccc21. The molecule has 1 aromatic carbocycles. The molecule has 68 valence electrons. The molecule has 0 spiro atoms. The van der Waals surface area contributed by atoms with Crippen LogP contribution in [-0.2, 0) is 0 Å². The van der Waals surface area contributed by atoms with Crippen LogP contribution in [0, 0.1) is 0 Å². The zero-order valence-electron chi connectivity index (χ0n) is 6.41. The van der Waals surface area contributed by atoms with Crippen molar-refractivity contribution in [1.29, 1.82) is 0 Å². The summed E-state index contributed by atoms with van der Waals surface area (Å²) in [4.78, 5) is 10.5. The molecule has 1 N–H and O–H groups in total. The largest absolute Gasteiger partial charge is 0.463 e. The Morgan fingerprint density at radius 1 is 1.38 bits per heavy atom. The molecule has 0 saturated heterocycles. The molecule has 6 heteroatoms. The van der Waals surface area contributed by atoms with Gasteiger partial charge in [0.15, 0.2) is 0 Å². The number of halogens is 1. The summed E-state index contributed by atoms with van der Waals surface area (Å²) in [5.41, 5.74) is 1.09. The highest BCUT2D eigenvalue weighted by molar-refractivity contribution is 5.85. The van der Waals surface area contributed by atoms with Gasteiger partial charge in [-0.1, -0.05) is 17.3 Å². The molecular weight excluding hydrogens is 194 g/mol. The lowest BCUT2D eigenvalue weighted by Crippen LogP contribution is -2.09. The number of fused-ring (bicyclic) bond motifs is 1. The molecule has 1 heterocycles. The standard InChI is InChI=1S/C7H5N3O2.ClH/c11-7(12)10-6-4-2-1-3-5(6)8-9-10;/h1-4H,(H,11,12);1H. The summed E-state index contributed by atoms with van der Waals surface area (Å²) >= 11 is 0. The van der Waals surface area contributed by atoms with Gasteiger partial charge >= 0.3 is 6.09 Å². The number of hydrogen-bond donors (Lipinski definition) is 1. The highest BCUT2D eigenvalue weighted by Crippen LogP contribution is 2.08. The Balaban J connectivity index is 0.000000845. The topological polar surface area (TPSA) is 68.0 Å². The maximum Gasteiger partial charge on any atom is 0.434 e. The minimum atomic E-state index is -1.12. The van der Waals surface area contributed by atoms with Crippen molar-refractivity contribution in [2.75, 3.05) is 0 Å². The second-order valence-corrected chi connectivity index (χ2v) is 2.27. The second-order valence-electron chi connectivity index (χ2n) is 2.27. The van der Waals surface area contributed by atoms with Gasteiger partial charge in [0.05, 0.1) is 0 Å². The van der Waals surface area contributed by atoms with Crippen LogP contribution < -0.4 is 0 Å². The van der Waals surface area contributed by atoms with Crippen molar-refractivity contribution < 1.29 is 9.90 Å². The number of hydrogen-bond acceptors (Lipinski definition) is 3. The van der Waals surface area contributed by atoms with Crippen LogP contribution in [0.25, 0.3) is 11.0 Å². The number of carboxylic acid groups (broad SMARTS) is 1. The number of para-hydroxylation sites is 1. The van der Waals surface area contributed by atoms with Gasteiger partial charge in [-0.05, 0) is 12.1 Å². The monoisotopic (exact) mass is 199 g/mol. The first-order valence-corrected chi connectivity index (χ1v) is 3.33. The smallest absolute Gasteiger partial charge is 0.434 e. The minimum Gasteiger partial charge on any atom is -0.463 e. The molecule has 1 aromatic heterocycles. The van der Waals surface area contributed by atoms with Crippen molar-refractivity contribution in [1.82, 2.24) is 15.0 Å². The van der Waals surface area contributed by atoms with E-state index in [0.717, 1.165) is 4.68 Å². The quantitative estimate of drug-likeness (QED) is 0.696. The van der Waals surface area contributed by atoms with Crippen molar-refractivity contribution in [3.8, 4) is 0 Å². The summed E-state index contributed by atoms with van der Waals surface area (Å²) in [6, 6.07) is 6.89. The molecule has 0 bridgehead atoms. The van der Waals surface area contributed by atoms with Crippen molar-refractivity contribution in [3.05, 3.63) is 24.3 Å². The Labute approximate surface area is 79.4 Å². The fraction of sp³-hybridized carbons (Fsp3) is 0. The van der Waals surface area contributed by atoms with Crippen LogP contribution in [-0.4, -0.2) is 26.2 Å². The summed E-state index contributed by atoms with van der Waals surface area (Å²) in [6.07, 6.45) is -1.12. The average molecular weight is 200 g/mol. The lowest BCUT2D eigenvalue weighted by atomic mass is 10.3. The van der Waals surface area contributed by atoms with Crippen molar-refractivity contribution >= 4 is 29.5 Å². The van der Waals surface area contributed by atoms with Gasteiger partial charge in [-0.2, -0.15) is 0 Å². The maximum atomic E-state index is 10.5. The van der Waals surface area contributed by atoms with Gasteiger partial charge in [0, 0.05) is 0 Å². The van der Waals surface area contributed by atoms with Gasteiger partial charge in [-0.15, -0.1) is 22.2 Å². The van der Waals surface area contributed by atoms with Gasteiger partial charge in [-0.25, -0.2) is 4.79 Å². The summed E-state index contributed by atoms with van der Waals surface area (Å²) in [6.45, 7) is 0. The third-order valence-corrected chi connectivity index (χ3v) is 1.53. The average Bonchev–Trinajstić information content (AvgIpc) is 2.47. The van der Waals surface area contributed by atoms with E-state index in [4.69, 9.17) is 5.11 Å². The Kier molecular flexibility index (Phi) is 2.48. The van der Waals surface area contributed by atoms with Crippen LogP contribution in [0.2, 0.25) is 0 Å². The zero-order chi connectivity index (χ0) is 8.55. The molecule has 0 atom stereocenters. The molecule has 0 saturated carbocycles. The van der Waals surface area contributed by atoms with Gasteiger partial charge in [0.25, 0.3) is 0 Å². The summed E-state index contributed by atoms with van der Waals surface area (Å²) in [5.74, 6) is 0. The summed E-state index contributed by atoms with van der Waals surface area (Å²) in [5, 5.41) is 15.8. The maximum absolute atomic E-state index is 10.5. The fourth-order valence-corrected chi connectivity index (χ4v) is 1.01. The molecule has 2 aromatic rings. The lowest BCUT2D eigenvalue weighted by Gasteiger charge is -1.90. The molecule has 2 rings (SSSR count). The van der Waals surface area contributed by atoms with E-state index in [2.05, 4.69) is 10.3 Å². The molecular formula is C7H6ClN3O2. The number of benzene rings is 1. The Hall–Kier alpha value is -1.62. The van der Waals surface area contributed by atoms with Gasteiger partial charge in [0.1, 0.15) is 11.0 Å². The van der Waals surface area contributed by atoms with Crippen molar-refractivity contribution in [3.63, 3.8) is 0 Å². The van der Waals surface area contributed by atoms with Crippen molar-refractivity contribution in [2.24, 2.45) is 0 Å². The van der Waals surface area contributed by atoms with Crippen LogP contribution in [0.5, 0.6) is 0 Å². The number of carbonyl (C=O) groups is 1. The third-order valence-electron chi connectivity index (χ3n) is 1.53. The first kappa shape index (κ1) is 9.47. The first-order chi connectivity index (χ1) is 5.79. The van der Waals surface area contributed by atoms with Crippen molar-refractivity contribution in [2.45, 2.75) is 0 Å². The van der Waals surface area contributed by atoms with E-state index in [1.807, 2.05) is 0 Å². The Bertz CT molecular complexity index is 440. The van der Waals surface area contributed by atoms with E-state index in [1.54, 1.807) is 24.3 Å². The molecule has 13 heavy (non-hydrogen) atoms. The number of nitrogens with zero attached hydrogens (tertiary/aromatic N) is 3. The summed E-state index contributed by atoms with van der Waals surface area (Å²) < 4.78 is 0.843.